The summed E-state index contributed by atoms with van der Waals surface area (Å²) in [6, 6.07) is 8.06. The highest BCUT2D eigenvalue weighted by Gasteiger charge is 2.52. The number of carbonyl (C=O) groups is 3. The number of rotatable bonds is 5. The van der Waals surface area contributed by atoms with Gasteiger partial charge < -0.3 is 15.2 Å². The third-order valence-electron chi connectivity index (χ3n) is 8.00. The van der Waals surface area contributed by atoms with Crippen molar-refractivity contribution in [2.75, 3.05) is 6.54 Å². The van der Waals surface area contributed by atoms with E-state index in [0.717, 1.165) is 43.9 Å². The topological polar surface area (TPSA) is 106 Å². The Morgan fingerprint density at radius 3 is 2.79 bits per heavy atom. The van der Waals surface area contributed by atoms with E-state index in [-0.39, 0.29) is 28.9 Å². The minimum atomic E-state index is -0.735. The molecule has 2 N–H and O–H groups in total. The number of para-hydroxylation sites is 1. The zero-order valence-electron chi connectivity index (χ0n) is 19.1. The Hall–Kier alpha value is -2.85. The number of nitriles is 1. The monoisotopic (exact) mass is 480 g/mol. The Morgan fingerprint density at radius 1 is 1.29 bits per heavy atom. The number of nitrogens with zero attached hydrogens (tertiary/aromatic N) is 2. The van der Waals surface area contributed by atoms with Crippen molar-refractivity contribution < 1.29 is 14.4 Å². The molecule has 3 aliphatic rings. The Balaban J connectivity index is 1.34. The maximum absolute atomic E-state index is 13.5. The molecule has 1 aromatic heterocycles. The largest absolute Gasteiger partial charge is 0.349 e. The van der Waals surface area contributed by atoms with E-state index in [1.54, 1.807) is 17.0 Å². The molecule has 0 radical (unpaired) electrons. The lowest BCUT2D eigenvalue weighted by Crippen LogP contribution is -2.49. The van der Waals surface area contributed by atoms with Crippen LogP contribution in [0, 0.1) is 22.7 Å². The smallest absolute Gasteiger partial charge is 0.271 e. The fourth-order valence-electron chi connectivity index (χ4n) is 5.93. The van der Waals surface area contributed by atoms with Gasteiger partial charge in [0.1, 0.15) is 23.6 Å². The lowest BCUT2D eigenvalue weighted by Gasteiger charge is -2.37. The predicted octanol–water partition coefficient (Wildman–Crippen LogP) is 4.36. The van der Waals surface area contributed by atoms with E-state index in [1.807, 2.05) is 12.1 Å². The average Bonchev–Trinajstić information content (AvgIpc) is 3.43. The molecule has 8 heteroatoms. The van der Waals surface area contributed by atoms with Crippen molar-refractivity contribution in [3.05, 3.63) is 35.0 Å². The molecule has 2 amide bonds. The van der Waals surface area contributed by atoms with E-state index in [1.165, 1.54) is 0 Å². The first-order valence-corrected chi connectivity index (χ1v) is 12.6. The summed E-state index contributed by atoms with van der Waals surface area (Å²) in [5, 5.41) is 13.9. The van der Waals surface area contributed by atoms with Crippen LogP contribution in [-0.2, 0) is 9.59 Å². The number of nitrogens with one attached hydrogen (secondary N) is 2. The van der Waals surface area contributed by atoms with Gasteiger partial charge in [0, 0.05) is 24.3 Å². The van der Waals surface area contributed by atoms with Crippen LogP contribution >= 0.6 is 11.6 Å². The summed E-state index contributed by atoms with van der Waals surface area (Å²) in [7, 11) is 0. The van der Waals surface area contributed by atoms with Crippen LogP contribution < -0.4 is 5.32 Å². The quantitative estimate of drug-likeness (QED) is 0.662. The van der Waals surface area contributed by atoms with E-state index in [4.69, 9.17) is 11.6 Å². The zero-order chi connectivity index (χ0) is 23.9. The first kappa shape index (κ1) is 22.9. The highest BCUT2D eigenvalue weighted by molar-refractivity contribution is 6.35. The highest BCUT2D eigenvalue weighted by Crippen LogP contribution is 2.50. The number of fused-ring (bicyclic) bond motifs is 1. The van der Waals surface area contributed by atoms with Gasteiger partial charge in [-0.1, -0.05) is 36.6 Å². The molecular formula is C26H29ClN4O3. The SMILES string of the molecule is N#C[C@H](CC1CCCCC1=O)NC(=O)C1CC2(CCC2)CN1C(=O)c1cc2cccc(Cl)c2[nH]1. The maximum Gasteiger partial charge on any atom is 0.271 e. The molecule has 1 saturated heterocycles. The van der Waals surface area contributed by atoms with E-state index in [2.05, 4.69) is 16.4 Å². The van der Waals surface area contributed by atoms with Gasteiger partial charge in [-0.3, -0.25) is 14.4 Å². The minimum absolute atomic E-state index is 0.0250. The molecule has 2 unspecified atom stereocenters. The van der Waals surface area contributed by atoms with Crippen molar-refractivity contribution in [1.29, 1.82) is 5.26 Å². The van der Waals surface area contributed by atoms with Crippen molar-refractivity contribution in [2.24, 2.45) is 11.3 Å². The highest BCUT2D eigenvalue weighted by atomic mass is 35.5. The number of benzene rings is 1. The fraction of sp³-hybridized carbons (Fsp3) is 0.538. The number of halogens is 1. The summed E-state index contributed by atoms with van der Waals surface area (Å²) in [6.07, 6.45) is 7.24. The van der Waals surface area contributed by atoms with E-state index in [9.17, 15) is 19.6 Å². The van der Waals surface area contributed by atoms with Crippen molar-refractivity contribution in [3.63, 3.8) is 0 Å². The van der Waals surface area contributed by atoms with Crippen LogP contribution in [0.1, 0.15) is 68.3 Å². The molecule has 2 saturated carbocycles. The summed E-state index contributed by atoms with van der Waals surface area (Å²) < 4.78 is 0. The maximum atomic E-state index is 13.5. The number of H-pyrrole nitrogens is 1. The van der Waals surface area contributed by atoms with Crippen molar-refractivity contribution in [1.82, 2.24) is 15.2 Å². The molecule has 1 spiro atoms. The van der Waals surface area contributed by atoms with Gasteiger partial charge in [0.2, 0.25) is 5.91 Å². The van der Waals surface area contributed by atoms with Crippen LogP contribution in [-0.4, -0.2) is 46.1 Å². The van der Waals surface area contributed by atoms with Crippen molar-refractivity contribution in [3.8, 4) is 6.07 Å². The van der Waals surface area contributed by atoms with Gasteiger partial charge in [-0.15, -0.1) is 0 Å². The van der Waals surface area contributed by atoms with Crippen LogP contribution in [0.5, 0.6) is 0 Å². The van der Waals surface area contributed by atoms with Crippen LogP contribution in [0.3, 0.4) is 0 Å². The summed E-state index contributed by atoms with van der Waals surface area (Å²) in [5.41, 5.74) is 1.08. The molecule has 5 rings (SSSR count). The predicted molar refractivity (Wildman–Crippen MR) is 128 cm³/mol. The lowest BCUT2D eigenvalue weighted by molar-refractivity contribution is -0.127. The Bertz CT molecular complexity index is 1180. The van der Waals surface area contributed by atoms with E-state index < -0.39 is 12.1 Å². The van der Waals surface area contributed by atoms with Crippen LogP contribution in [0.4, 0.5) is 0 Å². The van der Waals surface area contributed by atoms with Gasteiger partial charge in [0.15, 0.2) is 0 Å². The van der Waals surface area contributed by atoms with Crippen LogP contribution in [0.2, 0.25) is 5.02 Å². The molecule has 7 nitrogen and oxygen atoms in total. The van der Waals surface area contributed by atoms with Gasteiger partial charge >= 0.3 is 0 Å². The molecule has 3 atom stereocenters. The number of ketones is 1. The van der Waals surface area contributed by atoms with Gasteiger partial charge in [-0.25, -0.2) is 0 Å². The lowest BCUT2D eigenvalue weighted by atomic mass is 9.67. The number of hydrogen-bond donors (Lipinski definition) is 2. The second-order valence-electron chi connectivity index (χ2n) is 10.2. The number of carbonyl (C=O) groups excluding carboxylic acids is 3. The third kappa shape index (κ3) is 4.20. The second kappa shape index (κ2) is 9.07. The molecule has 34 heavy (non-hydrogen) atoms. The molecule has 1 aliphatic heterocycles. The molecule has 2 aromatic rings. The zero-order valence-corrected chi connectivity index (χ0v) is 19.9. The van der Waals surface area contributed by atoms with Crippen LogP contribution in [0.15, 0.2) is 24.3 Å². The van der Waals surface area contributed by atoms with Crippen molar-refractivity contribution in [2.45, 2.75) is 69.9 Å². The number of Topliss-reactive ketones (excluding diaryl/α,β-unsaturated/α-hetero) is 1. The van der Waals surface area contributed by atoms with E-state index >= 15 is 0 Å². The number of hydrogen-bond acceptors (Lipinski definition) is 4. The van der Waals surface area contributed by atoms with Crippen LogP contribution in [0.25, 0.3) is 10.9 Å². The number of aromatic nitrogens is 1. The molecular weight excluding hydrogens is 452 g/mol. The summed E-state index contributed by atoms with van der Waals surface area (Å²) >= 11 is 6.28. The summed E-state index contributed by atoms with van der Waals surface area (Å²) in [6.45, 7) is 0.533. The molecule has 2 heterocycles. The number of amides is 2. The average molecular weight is 481 g/mol. The Kier molecular flexibility index (Phi) is 6.11. The van der Waals surface area contributed by atoms with E-state index in [0.29, 0.717) is 42.0 Å². The first-order valence-electron chi connectivity index (χ1n) is 12.2. The van der Waals surface area contributed by atoms with Gasteiger partial charge in [0.25, 0.3) is 5.91 Å². The molecule has 178 valence electrons. The molecule has 2 aliphatic carbocycles. The number of likely N-dealkylation sites (tertiary alicyclic amines) is 1. The Morgan fingerprint density at radius 2 is 2.12 bits per heavy atom. The summed E-state index contributed by atoms with van der Waals surface area (Å²) in [4.78, 5) is 43.9. The molecule has 3 fully saturated rings. The third-order valence-corrected chi connectivity index (χ3v) is 8.31. The van der Waals surface area contributed by atoms with Gasteiger partial charge in [-0.2, -0.15) is 5.26 Å². The standard InChI is InChI=1S/C26H29ClN4O3/c27-19-7-3-6-17-12-20(30-23(17)19)25(34)31-15-26(9-4-10-26)13-21(31)24(33)29-18(14-28)11-16-5-1-2-8-22(16)32/h3,6-7,12,16,18,21,30H,1-2,4-5,8-11,13,15H2,(H,29,33)/t16?,18-,21?/m0/s1. The van der Waals surface area contributed by atoms with Crippen molar-refractivity contribution >= 4 is 40.1 Å². The Labute approximate surface area is 203 Å². The summed E-state index contributed by atoms with van der Waals surface area (Å²) in [5.74, 6) is -0.522. The van der Waals surface area contributed by atoms with Gasteiger partial charge in [-0.05, 0) is 56.1 Å². The van der Waals surface area contributed by atoms with Gasteiger partial charge in [0.05, 0.1) is 16.6 Å². The normalized spacial score (nSPS) is 24.6. The molecule has 0 bridgehead atoms. The molecule has 1 aromatic carbocycles. The first-order chi connectivity index (χ1) is 16.4. The minimum Gasteiger partial charge on any atom is -0.349 e. The number of aromatic amines is 1. The second-order valence-corrected chi connectivity index (χ2v) is 10.6. The fourth-order valence-corrected chi connectivity index (χ4v) is 6.16.